The van der Waals surface area contributed by atoms with E-state index in [0.29, 0.717) is 24.7 Å². The molecular weight excluding hydrogens is 320 g/mol. The van der Waals surface area contributed by atoms with E-state index in [0.717, 1.165) is 45.0 Å². The molecule has 3 aliphatic rings. The Bertz CT molecular complexity index is 532. The van der Waals surface area contributed by atoms with Crippen molar-refractivity contribution in [2.45, 2.75) is 57.3 Å². The van der Waals surface area contributed by atoms with Crippen molar-refractivity contribution < 1.29 is 23.8 Å². The molecule has 0 spiro atoms. The Morgan fingerprint density at radius 3 is 3.00 bits per heavy atom. The summed E-state index contributed by atoms with van der Waals surface area (Å²) in [5.41, 5.74) is 1.26. The Balaban J connectivity index is 1.52. The van der Waals surface area contributed by atoms with E-state index in [2.05, 4.69) is 16.9 Å². The zero-order chi connectivity index (χ0) is 17.6. The van der Waals surface area contributed by atoms with Gasteiger partial charge in [0.05, 0.1) is 13.2 Å². The minimum Gasteiger partial charge on any atom is -0.469 e. The van der Waals surface area contributed by atoms with Gasteiger partial charge in [-0.15, -0.1) is 0 Å². The van der Waals surface area contributed by atoms with Gasteiger partial charge >= 0.3 is 5.97 Å². The number of esters is 1. The van der Waals surface area contributed by atoms with Crippen molar-refractivity contribution in [2.75, 3.05) is 13.7 Å². The van der Waals surface area contributed by atoms with E-state index >= 15 is 0 Å². The standard InChI is InChI=1S/C20H28O5/c1-23-19(22)7-3-2-6-14-10-15-12-18(17(13-21)16(15)11-14)25-20-8-4-5-9-24-20/h2,6,10,13,15-18,20H,3-5,7-9,11-12H2,1H3/b6-2-/t15-,16-,17+,18+,20?/m0/s1. The molecule has 5 atom stereocenters. The molecule has 0 aromatic heterocycles. The van der Waals surface area contributed by atoms with Crippen LogP contribution < -0.4 is 0 Å². The molecule has 2 fully saturated rings. The minimum absolute atomic E-state index is 0.0169. The first kappa shape index (κ1) is 18.3. The highest BCUT2D eigenvalue weighted by atomic mass is 16.7. The Kier molecular flexibility index (Phi) is 6.43. The second-order valence-corrected chi connectivity index (χ2v) is 7.21. The molecule has 5 nitrogen and oxygen atoms in total. The quantitative estimate of drug-likeness (QED) is 0.522. The van der Waals surface area contributed by atoms with Crippen LogP contribution in [-0.2, 0) is 23.8 Å². The summed E-state index contributed by atoms with van der Waals surface area (Å²) in [4.78, 5) is 22.8. The normalized spacial score (nSPS) is 34.8. The number of carbonyl (C=O) groups is 2. The number of hydrogen-bond acceptors (Lipinski definition) is 5. The maximum absolute atomic E-state index is 11.7. The van der Waals surface area contributed by atoms with Gasteiger partial charge in [0.25, 0.3) is 0 Å². The average Bonchev–Trinajstić information content (AvgIpc) is 3.16. The molecule has 25 heavy (non-hydrogen) atoms. The van der Waals surface area contributed by atoms with Gasteiger partial charge < -0.3 is 19.0 Å². The molecule has 1 unspecified atom stereocenters. The van der Waals surface area contributed by atoms with Crippen molar-refractivity contribution >= 4 is 12.3 Å². The van der Waals surface area contributed by atoms with Gasteiger partial charge in [0.15, 0.2) is 6.29 Å². The van der Waals surface area contributed by atoms with Gasteiger partial charge in [-0.3, -0.25) is 4.79 Å². The average molecular weight is 348 g/mol. The molecule has 1 heterocycles. The van der Waals surface area contributed by atoms with Crippen LogP contribution in [0.3, 0.4) is 0 Å². The number of aldehydes is 1. The Morgan fingerprint density at radius 2 is 2.28 bits per heavy atom. The summed E-state index contributed by atoms with van der Waals surface area (Å²) in [6, 6.07) is 0. The zero-order valence-electron chi connectivity index (χ0n) is 14.9. The van der Waals surface area contributed by atoms with E-state index < -0.39 is 0 Å². The third-order valence-corrected chi connectivity index (χ3v) is 5.57. The maximum atomic E-state index is 11.7. The summed E-state index contributed by atoms with van der Waals surface area (Å²) in [5, 5.41) is 0. The second kappa shape index (κ2) is 8.77. The highest BCUT2D eigenvalue weighted by Gasteiger charge is 2.46. The van der Waals surface area contributed by atoms with E-state index in [1.54, 1.807) is 0 Å². The van der Waals surface area contributed by atoms with Crippen LogP contribution in [-0.4, -0.2) is 38.4 Å². The Hall–Kier alpha value is -1.46. The monoisotopic (exact) mass is 348 g/mol. The van der Waals surface area contributed by atoms with Crippen molar-refractivity contribution in [3.8, 4) is 0 Å². The third-order valence-electron chi connectivity index (χ3n) is 5.57. The number of allylic oxidation sites excluding steroid dienone is 4. The molecule has 1 saturated carbocycles. The van der Waals surface area contributed by atoms with Gasteiger partial charge in [-0.1, -0.05) is 23.8 Å². The molecule has 0 N–H and O–H groups in total. The molecule has 0 radical (unpaired) electrons. The predicted molar refractivity (Wildman–Crippen MR) is 92.7 cm³/mol. The van der Waals surface area contributed by atoms with E-state index in [1.807, 2.05) is 6.08 Å². The summed E-state index contributed by atoms with van der Waals surface area (Å²) in [6.45, 7) is 0.760. The summed E-state index contributed by atoms with van der Waals surface area (Å²) in [5.74, 6) is 0.510. The molecule has 0 bridgehead atoms. The van der Waals surface area contributed by atoms with Crippen molar-refractivity contribution in [2.24, 2.45) is 17.8 Å². The van der Waals surface area contributed by atoms with Gasteiger partial charge in [0.2, 0.25) is 0 Å². The molecule has 2 aliphatic carbocycles. The van der Waals surface area contributed by atoms with Crippen LogP contribution in [0.1, 0.15) is 44.9 Å². The molecule has 3 rings (SSSR count). The first-order chi connectivity index (χ1) is 12.2. The lowest BCUT2D eigenvalue weighted by molar-refractivity contribution is -0.194. The number of carbonyl (C=O) groups excluding carboxylic acids is 2. The molecule has 1 saturated heterocycles. The molecule has 1 aliphatic heterocycles. The zero-order valence-corrected chi connectivity index (χ0v) is 14.9. The molecule has 0 amide bonds. The van der Waals surface area contributed by atoms with Gasteiger partial charge in [-0.05, 0) is 50.4 Å². The molecule has 0 aromatic carbocycles. The summed E-state index contributed by atoms with van der Waals surface area (Å²) >= 11 is 0. The first-order valence-electron chi connectivity index (χ1n) is 9.37. The van der Waals surface area contributed by atoms with Crippen LogP contribution in [0.15, 0.2) is 23.8 Å². The van der Waals surface area contributed by atoms with Crippen LogP contribution in [0.2, 0.25) is 0 Å². The van der Waals surface area contributed by atoms with Gasteiger partial charge in [-0.25, -0.2) is 0 Å². The van der Waals surface area contributed by atoms with Crippen LogP contribution in [0.25, 0.3) is 0 Å². The van der Waals surface area contributed by atoms with E-state index in [1.165, 1.54) is 12.7 Å². The molecule has 0 aromatic rings. The topological polar surface area (TPSA) is 61.8 Å². The lowest BCUT2D eigenvalue weighted by atomic mass is 9.91. The lowest BCUT2D eigenvalue weighted by Gasteiger charge is -2.28. The van der Waals surface area contributed by atoms with Gasteiger partial charge in [-0.2, -0.15) is 0 Å². The third kappa shape index (κ3) is 4.59. The Labute approximate surface area is 149 Å². The van der Waals surface area contributed by atoms with E-state index in [-0.39, 0.29) is 24.3 Å². The fourth-order valence-electron chi connectivity index (χ4n) is 4.27. The summed E-state index contributed by atoms with van der Waals surface area (Å²) in [6.07, 6.45) is 13.4. The maximum Gasteiger partial charge on any atom is 0.305 e. The number of rotatable bonds is 7. The SMILES string of the molecule is COC(=O)CC/C=C\C1=C[C@H]2C[C@@H](OC3CCCCO3)[C@H](C=O)[C@H]2C1. The lowest BCUT2D eigenvalue weighted by Crippen LogP contribution is -2.32. The predicted octanol–water partition coefficient (Wildman–Crippen LogP) is 3.19. The number of hydrogen-bond donors (Lipinski definition) is 0. The van der Waals surface area contributed by atoms with Gasteiger partial charge in [0, 0.05) is 18.9 Å². The van der Waals surface area contributed by atoms with Crippen molar-refractivity contribution in [1.29, 1.82) is 0 Å². The smallest absolute Gasteiger partial charge is 0.305 e. The van der Waals surface area contributed by atoms with E-state index in [9.17, 15) is 9.59 Å². The number of ether oxygens (including phenoxy) is 3. The highest BCUT2D eigenvalue weighted by Crippen LogP contribution is 2.47. The van der Waals surface area contributed by atoms with Crippen molar-refractivity contribution in [1.82, 2.24) is 0 Å². The molecule has 138 valence electrons. The summed E-state index contributed by atoms with van der Waals surface area (Å²) < 4.78 is 16.4. The van der Waals surface area contributed by atoms with Crippen LogP contribution in [0, 0.1) is 17.8 Å². The largest absolute Gasteiger partial charge is 0.469 e. The Morgan fingerprint density at radius 1 is 1.40 bits per heavy atom. The van der Waals surface area contributed by atoms with Crippen molar-refractivity contribution in [3.05, 3.63) is 23.8 Å². The fourth-order valence-corrected chi connectivity index (χ4v) is 4.27. The summed E-state index contributed by atoms with van der Waals surface area (Å²) in [7, 11) is 1.41. The minimum atomic E-state index is -0.187. The highest BCUT2D eigenvalue weighted by molar-refractivity contribution is 5.69. The fraction of sp³-hybridized carbons (Fsp3) is 0.700. The van der Waals surface area contributed by atoms with Gasteiger partial charge in [0.1, 0.15) is 6.29 Å². The van der Waals surface area contributed by atoms with Crippen LogP contribution >= 0.6 is 0 Å². The number of fused-ring (bicyclic) bond motifs is 1. The second-order valence-electron chi connectivity index (χ2n) is 7.21. The first-order valence-corrected chi connectivity index (χ1v) is 9.37. The molecule has 5 heteroatoms. The van der Waals surface area contributed by atoms with E-state index in [4.69, 9.17) is 9.47 Å². The van der Waals surface area contributed by atoms with Crippen molar-refractivity contribution in [3.63, 3.8) is 0 Å². The van der Waals surface area contributed by atoms with Crippen LogP contribution in [0.5, 0.6) is 0 Å². The number of methoxy groups -OCH3 is 1. The molecular formula is C20H28O5. The van der Waals surface area contributed by atoms with Crippen LogP contribution in [0.4, 0.5) is 0 Å².